The fraction of sp³-hybridized carbons (Fsp3) is 1.00. The lowest BCUT2D eigenvalue weighted by Crippen LogP contribution is -0.381. The van der Waals surface area contributed by atoms with E-state index in [9.17, 15) is 0 Å². The molecule has 10 heavy (non-hydrogen) atoms. The summed E-state index contributed by atoms with van der Waals surface area (Å²) in [6.07, 6.45) is 0. The largest absolute Gasteiger partial charge is 0.0776 e. The van der Waals surface area contributed by atoms with Crippen molar-refractivity contribution < 1.29 is 0 Å². The summed E-state index contributed by atoms with van der Waals surface area (Å²) in [4.78, 5) is 0. The predicted molar refractivity (Wildman–Crippen MR) is 66.3 cm³/mol. The average Bonchev–Trinajstić information content (AvgIpc) is 0. The summed E-state index contributed by atoms with van der Waals surface area (Å²) in [6.45, 7) is 0. The standard InChI is InChI=1S/9CH4.B/h9*1H4;. The van der Waals surface area contributed by atoms with Crippen molar-refractivity contribution in [1.29, 1.82) is 0 Å². The van der Waals surface area contributed by atoms with Gasteiger partial charge < -0.3 is 0 Å². The average molecular weight is 155 g/mol. The van der Waals surface area contributed by atoms with Crippen LogP contribution in [-0.2, 0) is 0 Å². The number of hydrogen-bond donors (Lipinski definition) is 0. The molecule has 0 amide bonds. The van der Waals surface area contributed by atoms with Crippen LogP contribution in [0, 0.1) is 0 Å². The van der Waals surface area contributed by atoms with Gasteiger partial charge in [0.25, 0.3) is 0 Å². The molecule has 0 aliphatic carbocycles. The summed E-state index contributed by atoms with van der Waals surface area (Å²) in [6, 6.07) is 0. The molecule has 0 aromatic heterocycles. The summed E-state index contributed by atoms with van der Waals surface area (Å²) >= 11 is 0. The second kappa shape index (κ2) is 140000. The van der Waals surface area contributed by atoms with Crippen LogP contribution in [0.2, 0.25) is 0 Å². The maximum atomic E-state index is 0. The van der Waals surface area contributed by atoms with Crippen molar-refractivity contribution in [2.45, 2.75) is 66.8 Å². The van der Waals surface area contributed by atoms with Crippen LogP contribution >= 0.6 is 0 Å². The molecule has 0 aromatic carbocycles. The van der Waals surface area contributed by atoms with Gasteiger partial charge in [-0.15, -0.1) is 0 Å². The highest BCUT2D eigenvalue weighted by Crippen LogP contribution is 0.152. The lowest BCUT2D eigenvalue weighted by atomic mass is 10.8. The Labute approximate surface area is 76.0 Å². The molecule has 0 N–H and O–H groups in total. The monoisotopic (exact) mass is 155 g/mol. The van der Waals surface area contributed by atoms with E-state index < -0.39 is 0 Å². The first-order valence-electron chi connectivity index (χ1n) is 0. The Kier molecular flexibility index (Phi) is 2740000000. The fourth-order valence-electron chi connectivity index (χ4n) is 0. The van der Waals surface area contributed by atoms with Gasteiger partial charge in [-0.2, -0.15) is 0 Å². The van der Waals surface area contributed by atoms with E-state index in [4.69, 9.17) is 0 Å². The summed E-state index contributed by atoms with van der Waals surface area (Å²) in [7, 11) is 0. The molecule has 0 saturated carbocycles. The van der Waals surface area contributed by atoms with Gasteiger partial charge in [0.15, 0.2) is 0 Å². The lowest BCUT2D eigenvalue weighted by Gasteiger charge is -0.0786. The summed E-state index contributed by atoms with van der Waals surface area (Å²) in [5, 5.41) is 0. The third kappa shape index (κ3) is 95500. The molecule has 0 aliphatic rings. The van der Waals surface area contributed by atoms with Crippen molar-refractivity contribution >= 4 is 8.41 Å². The van der Waals surface area contributed by atoms with Crippen LogP contribution < -0.4 is 0 Å². The van der Waals surface area contributed by atoms with Gasteiger partial charge in [-0.1, -0.05) is 66.8 Å². The lowest BCUT2D eigenvalue weighted by molar-refractivity contribution is 2.50. The third-order valence-corrected chi connectivity index (χ3v) is 0. The van der Waals surface area contributed by atoms with Crippen molar-refractivity contribution in [2.24, 2.45) is 0 Å². The Hall–Kier alpha value is 0.0649. The third-order valence-electron chi connectivity index (χ3n) is 0. The van der Waals surface area contributed by atoms with Crippen molar-refractivity contribution in [2.75, 3.05) is 0 Å². The molecular weight excluding hydrogens is 119 g/mol. The Morgan fingerprint density at radius 2 is 0.200 bits per heavy atom. The highest BCUT2D eigenvalue weighted by molar-refractivity contribution is 5.75. The quantitative estimate of drug-likeness (QED) is 0.414. The van der Waals surface area contributed by atoms with E-state index in [1.54, 1.807) is 0 Å². The molecule has 1 heteroatoms. The molecule has 0 spiro atoms. The number of hydrogen-bond acceptors (Lipinski definition) is 0. The van der Waals surface area contributed by atoms with Gasteiger partial charge in [0.1, 0.15) is 0 Å². The molecule has 3 radical (unpaired) electrons. The smallest absolute Gasteiger partial charge is 0 e. The summed E-state index contributed by atoms with van der Waals surface area (Å²) in [5.41, 5.74) is 0. The molecule has 75 valence electrons. The molecule has 0 saturated heterocycles. The van der Waals surface area contributed by atoms with Crippen molar-refractivity contribution in [1.82, 2.24) is 0 Å². The Bertz CT molecular complexity index is 4.69. The van der Waals surface area contributed by atoms with Crippen LogP contribution in [0.25, 0.3) is 0 Å². The van der Waals surface area contributed by atoms with Crippen LogP contribution in [0.15, 0.2) is 0 Å². The molecule has 0 aliphatic heterocycles. The van der Waals surface area contributed by atoms with Gasteiger partial charge in [0.2, 0.25) is 0 Å². The van der Waals surface area contributed by atoms with Crippen molar-refractivity contribution in [3.8, 4) is 0 Å². The maximum Gasteiger partial charge on any atom is 0 e. The van der Waals surface area contributed by atoms with E-state index in [1.165, 1.54) is 0 Å². The first-order chi connectivity index (χ1) is 0. The predicted octanol–water partition coefficient (Wildman–Crippen LogP) is 5.34. The molecule has 0 rings (SSSR count). The van der Waals surface area contributed by atoms with Crippen molar-refractivity contribution in [3.05, 3.63) is 0 Å². The molecule has 0 bridgehead atoms. The summed E-state index contributed by atoms with van der Waals surface area (Å²) in [5.74, 6) is 0. The van der Waals surface area contributed by atoms with Gasteiger partial charge in [-0.3, -0.25) is 0 Å². The minimum atomic E-state index is 0. The summed E-state index contributed by atoms with van der Waals surface area (Å²) < 4.78 is 0. The number of rotatable bonds is 0. The van der Waals surface area contributed by atoms with E-state index in [0.29, 0.717) is 0 Å². The molecule has 0 fully saturated rings. The molecule has 0 nitrogen and oxygen atoms in total. The van der Waals surface area contributed by atoms with Crippen LogP contribution in [0.1, 0.15) is 66.8 Å². The first-order valence-corrected chi connectivity index (χ1v) is 0. The maximum absolute atomic E-state index is 0. The van der Waals surface area contributed by atoms with E-state index >= 15 is 0 Å². The van der Waals surface area contributed by atoms with Crippen LogP contribution in [0.4, 0.5) is 0 Å². The molecule has 0 aromatic rings. The van der Waals surface area contributed by atoms with Crippen LogP contribution in [-0.4, -0.2) is 8.41 Å². The van der Waals surface area contributed by atoms with E-state index in [0.717, 1.165) is 0 Å². The molecule has 0 heterocycles. The Balaban J connectivity index is 0. The zero-order chi connectivity index (χ0) is 0. The van der Waals surface area contributed by atoms with Crippen LogP contribution in [0.3, 0.4) is 0 Å². The Morgan fingerprint density at radius 1 is 0.200 bits per heavy atom. The SMILES string of the molecule is C.C.C.C.C.C.C.C.C.[B]. The zero-order valence-corrected chi connectivity index (χ0v) is 0.577. The van der Waals surface area contributed by atoms with Crippen LogP contribution in [0.5, 0.6) is 0 Å². The normalized spacial score (nSPS) is 0. The minimum Gasteiger partial charge on any atom is -0.0776 e. The Morgan fingerprint density at radius 3 is 0.200 bits per heavy atom. The van der Waals surface area contributed by atoms with Gasteiger partial charge in [0, 0.05) is 8.41 Å². The zero-order valence-electron chi connectivity index (χ0n) is 0.577. The van der Waals surface area contributed by atoms with E-state index in [1.807, 2.05) is 0 Å². The molecule has 0 unspecified atom stereocenters. The van der Waals surface area contributed by atoms with E-state index in [2.05, 4.69) is 0 Å². The topological polar surface area (TPSA) is 0 Å². The van der Waals surface area contributed by atoms with Gasteiger partial charge in [-0.25, -0.2) is 0 Å². The second-order valence-corrected chi connectivity index (χ2v) is 0. The highest BCUT2D eigenvalue weighted by atomic mass is 12.0. The van der Waals surface area contributed by atoms with Gasteiger partial charge in [0.05, 0.1) is 0 Å². The highest BCUT2D eigenvalue weighted by Gasteiger charge is 0.000129. The molecule has 0 atom stereocenters. The fourth-order valence-corrected chi connectivity index (χ4v) is 0. The van der Waals surface area contributed by atoms with Gasteiger partial charge in [-0.05, 0) is 0 Å². The molecular formula is C9H36B. The minimum absolute atomic E-state index is 0. The van der Waals surface area contributed by atoms with Gasteiger partial charge >= 0.3 is 0 Å². The second-order valence-electron chi connectivity index (χ2n) is 0. The van der Waals surface area contributed by atoms with E-state index in [-0.39, 0.29) is 75.3 Å². The first kappa shape index (κ1) is 196000. The van der Waals surface area contributed by atoms with Crippen molar-refractivity contribution in [3.63, 3.8) is 0 Å².